The van der Waals surface area contributed by atoms with Crippen LogP contribution in [-0.2, 0) is 9.53 Å². The third-order valence-electron chi connectivity index (χ3n) is 2.07. The fourth-order valence-corrected chi connectivity index (χ4v) is 1.99. The Balaban J connectivity index is 3.00. The summed E-state index contributed by atoms with van der Waals surface area (Å²) in [4.78, 5) is 11.4. The van der Waals surface area contributed by atoms with Crippen LogP contribution in [0.25, 0.3) is 0 Å². The summed E-state index contributed by atoms with van der Waals surface area (Å²) in [7, 11) is 0. The maximum absolute atomic E-state index is 13.5. The first-order valence-corrected chi connectivity index (χ1v) is 5.47. The van der Waals surface area contributed by atoms with Crippen molar-refractivity contribution in [3.05, 3.63) is 34.1 Å². The Hall–Kier alpha value is -0.900. The van der Waals surface area contributed by atoms with Crippen molar-refractivity contribution in [3.63, 3.8) is 0 Å². The Morgan fingerprint density at radius 2 is 2.27 bits per heavy atom. The van der Waals surface area contributed by atoms with Gasteiger partial charge in [0.2, 0.25) is 0 Å². The van der Waals surface area contributed by atoms with Crippen LogP contribution < -0.4 is 0 Å². The molecule has 0 bridgehead atoms. The first kappa shape index (κ1) is 12.2. The highest BCUT2D eigenvalue weighted by Gasteiger charge is 2.22. The highest BCUT2D eigenvalue weighted by atomic mass is 79.9. The highest BCUT2D eigenvalue weighted by Crippen LogP contribution is 2.28. The van der Waals surface area contributed by atoms with Crippen molar-refractivity contribution in [1.82, 2.24) is 0 Å². The van der Waals surface area contributed by atoms with Crippen LogP contribution in [0, 0.1) is 5.82 Å². The minimum atomic E-state index is -0.597. The maximum atomic E-state index is 13.5. The van der Waals surface area contributed by atoms with Crippen LogP contribution in [0.15, 0.2) is 22.7 Å². The van der Waals surface area contributed by atoms with Crippen molar-refractivity contribution in [2.75, 3.05) is 6.61 Å². The van der Waals surface area contributed by atoms with Crippen molar-refractivity contribution in [3.8, 4) is 0 Å². The fraction of sp³-hybridized carbons (Fsp3) is 0.364. The first-order chi connectivity index (χ1) is 7.07. The molecule has 0 aromatic heterocycles. The number of halogens is 2. The number of carbonyl (C=O) groups is 1. The monoisotopic (exact) mass is 274 g/mol. The van der Waals surface area contributed by atoms with E-state index < -0.39 is 17.7 Å². The summed E-state index contributed by atoms with van der Waals surface area (Å²) in [5.74, 6) is -1.41. The molecule has 0 amide bonds. The van der Waals surface area contributed by atoms with Gasteiger partial charge in [-0.1, -0.05) is 22.0 Å². The lowest BCUT2D eigenvalue weighted by molar-refractivity contribution is -0.144. The molecule has 1 aromatic rings. The van der Waals surface area contributed by atoms with Crippen molar-refractivity contribution >= 4 is 21.9 Å². The van der Waals surface area contributed by atoms with Crippen LogP contribution in [-0.4, -0.2) is 12.6 Å². The van der Waals surface area contributed by atoms with E-state index in [0.717, 1.165) is 0 Å². The van der Waals surface area contributed by atoms with E-state index in [1.807, 2.05) is 0 Å². The summed E-state index contributed by atoms with van der Waals surface area (Å²) in [6.45, 7) is 3.65. The summed E-state index contributed by atoms with van der Waals surface area (Å²) < 4.78 is 18.9. The molecule has 1 aromatic carbocycles. The molecule has 0 aliphatic carbocycles. The second kappa shape index (κ2) is 5.26. The lowest BCUT2D eigenvalue weighted by Gasteiger charge is -2.13. The zero-order valence-corrected chi connectivity index (χ0v) is 10.2. The standard InChI is InChI=1S/C11H12BrFO2/c1-3-15-11(14)7(2)10-8(12)5-4-6-9(10)13/h4-7H,3H2,1-2H3. The molecule has 0 fully saturated rings. The molecule has 0 saturated carbocycles. The Kier molecular flexibility index (Phi) is 4.27. The summed E-state index contributed by atoms with van der Waals surface area (Å²) in [6.07, 6.45) is 0. The first-order valence-electron chi connectivity index (χ1n) is 4.68. The average Bonchev–Trinajstić information content (AvgIpc) is 2.17. The Morgan fingerprint density at radius 3 is 2.80 bits per heavy atom. The van der Waals surface area contributed by atoms with Gasteiger partial charge in [-0.05, 0) is 26.0 Å². The summed E-state index contributed by atoms with van der Waals surface area (Å²) in [5, 5.41) is 0. The topological polar surface area (TPSA) is 26.3 Å². The van der Waals surface area contributed by atoms with Gasteiger partial charge >= 0.3 is 5.97 Å². The quantitative estimate of drug-likeness (QED) is 0.791. The van der Waals surface area contributed by atoms with Gasteiger partial charge in [-0.3, -0.25) is 4.79 Å². The molecule has 1 atom stereocenters. The zero-order chi connectivity index (χ0) is 11.4. The van der Waals surface area contributed by atoms with E-state index in [2.05, 4.69) is 15.9 Å². The van der Waals surface area contributed by atoms with Crippen molar-refractivity contribution in [1.29, 1.82) is 0 Å². The molecule has 0 radical (unpaired) electrons. The molecule has 1 rings (SSSR count). The zero-order valence-electron chi connectivity index (χ0n) is 8.59. The van der Waals surface area contributed by atoms with Crippen LogP contribution in [0.3, 0.4) is 0 Å². The van der Waals surface area contributed by atoms with Crippen molar-refractivity contribution in [2.45, 2.75) is 19.8 Å². The lowest BCUT2D eigenvalue weighted by Crippen LogP contribution is -2.14. The van der Waals surface area contributed by atoms with Crippen molar-refractivity contribution in [2.24, 2.45) is 0 Å². The van der Waals surface area contributed by atoms with Crippen LogP contribution in [0.5, 0.6) is 0 Å². The molecule has 0 aliphatic heterocycles. The number of ether oxygens (including phenoxy) is 1. The Bertz CT molecular complexity index is 345. The molecule has 0 N–H and O–H groups in total. The normalized spacial score (nSPS) is 12.3. The molecule has 0 heterocycles. The Labute approximate surface area is 96.6 Å². The Morgan fingerprint density at radius 1 is 1.60 bits per heavy atom. The van der Waals surface area contributed by atoms with Gasteiger partial charge in [0, 0.05) is 10.0 Å². The van der Waals surface area contributed by atoms with Gasteiger partial charge in [0.25, 0.3) is 0 Å². The molecule has 0 saturated heterocycles. The largest absolute Gasteiger partial charge is 0.466 e. The van der Waals surface area contributed by atoms with Gasteiger partial charge in [0.05, 0.1) is 12.5 Å². The molecule has 15 heavy (non-hydrogen) atoms. The maximum Gasteiger partial charge on any atom is 0.313 e. The van der Waals surface area contributed by atoms with E-state index in [9.17, 15) is 9.18 Å². The van der Waals surface area contributed by atoms with Gasteiger partial charge in [0.15, 0.2) is 0 Å². The van der Waals surface area contributed by atoms with Gasteiger partial charge in [-0.25, -0.2) is 4.39 Å². The predicted molar refractivity (Wildman–Crippen MR) is 59.1 cm³/mol. The predicted octanol–water partition coefficient (Wildman–Crippen LogP) is 3.25. The van der Waals surface area contributed by atoms with E-state index in [1.54, 1.807) is 26.0 Å². The smallest absolute Gasteiger partial charge is 0.313 e. The van der Waals surface area contributed by atoms with E-state index in [-0.39, 0.29) is 0 Å². The number of hydrogen-bond acceptors (Lipinski definition) is 2. The number of benzene rings is 1. The van der Waals surface area contributed by atoms with E-state index in [4.69, 9.17) is 4.74 Å². The average molecular weight is 275 g/mol. The summed E-state index contributed by atoms with van der Waals surface area (Å²) in [6, 6.07) is 4.62. The second-order valence-corrected chi connectivity index (χ2v) is 3.96. The van der Waals surface area contributed by atoms with Crippen LogP contribution in [0.1, 0.15) is 25.3 Å². The van der Waals surface area contributed by atoms with Gasteiger partial charge in [-0.15, -0.1) is 0 Å². The van der Waals surface area contributed by atoms with Gasteiger partial charge < -0.3 is 4.74 Å². The number of carbonyl (C=O) groups excluding carboxylic acids is 1. The molecule has 2 nitrogen and oxygen atoms in total. The van der Waals surface area contributed by atoms with Crippen LogP contribution in [0.4, 0.5) is 4.39 Å². The fourth-order valence-electron chi connectivity index (χ4n) is 1.31. The lowest BCUT2D eigenvalue weighted by atomic mass is 10.0. The number of esters is 1. The van der Waals surface area contributed by atoms with Crippen molar-refractivity contribution < 1.29 is 13.9 Å². The third kappa shape index (κ3) is 2.78. The number of rotatable bonds is 3. The summed E-state index contributed by atoms with van der Waals surface area (Å²) in [5.41, 5.74) is 0.343. The number of hydrogen-bond donors (Lipinski definition) is 0. The second-order valence-electron chi connectivity index (χ2n) is 3.11. The summed E-state index contributed by atoms with van der Waals surface area (Å²) >= 11 is 3.22. The van der Waals surface area contributed by atoms with Gasteiger partial charge in [-0.2, -0.15) is 0 Å². The minimum Gasteiger partial charge on any atom is -0.466 e. The molecule has 4 heteroatoms. The SMILES string of the molecule is CCOC(=O)C(C)c1c(F)cccc1Br. The molecular formula is C11H12BrFO2. The minimum absolute atomic E-state index is 0.301. The molecular weight excluding hydrogens is 263 g/mol. The van der Waals surface area contributed by atoms with E-state index in [0.29, 0.717) is 16.6 Å². The third-order valence-corrected chi connectivity index (χ3v) is 2.76. The molecule has 1 unspecified atom stereocenters. The molecule has 0 spiro atoms. The molecule has 82 valence electrons. The van der Waals surface area contributed by atoms with Crippen LogP contribution >= 0.6 is 15.9 Å². The van der Waals surface area contributed by atoms with E-state index in [1.165, 1.54) is 6.07 Å². The van der Waals surface area contributed by atoms with E-state index >= 15 is 0 Å². The highest BCUT2D eigenvalue weighted by molar-refractivity contribution is 9.10. The molecule has 0 aliphatic rings. The van der Waals surface area contributed by atoms with Crippen LogP contribution in [0.2, 0.25) is 0 Å². The van der Waals surface area contributed by atoms with Gasteiger partial charge in [0.1, 0.15) is 5.82 Å².